The zero-order valence-electron chi connectivity index (χ0n) is 12.4. The summed E-state index contributed by atoms with van der Waals surface area (Å²) in [6, 6.07) is -0.278. The number of halogens is 3. The topological polar surface area (TPSA) is 66.4 Å². The Balaban J connectivity index is 2.10. The lowest BCUT2D eigenvalue weighted by Gasteiger charge is -2.15. The number of aryl methyl sites for hydroxylation is 2. The second-order valence-electron chi connectivity index (χ2n) is 5.66. The maximum Gasteiger partial charge on any atom is 0.391 e. The Labute approximate surface area is 135 Å². The molecule has 2 N–H and O–H groups in total. The van der Waals surface area contributed by atoms with Crippen molar-refractivity contribution in [1.82, 2.24) is 5.32 Å². The average Bonchev–Trinajstić information content (AvgIpc) is 2.78. The first-order chi connectivity index (χ1) is 10.8. The molecule has 1 amide bonds. The fourth-order valence-electron chi connectivity index (χ4n) is 2.62. The van der Waals surface area contributed by atoms with Crippen molar-refractivity contribution in [2.75, 3.05) is 0 Å². The third-order valence-electron chi connectivity index (χ3n) is 3.76. The number of fused-ring (bicyclic) bond motifs is 1. The maximum atomic E-state index is 12.4. The first-order valence-electron chi connectivity index (χ1n) is 7.48. The van der Waals surface area contributed by atoms with Crippen molar-refractivity contribution in [2.24, 2.45) is 0 Å². The zero-order valence-corrected chi connectivity index (χ0v) is 13.2. The number of hydrogen-bond donors (Lipinski definition) is 2. The molecular weight excluding hydrogens is 331 g/mol. The Bertz CT molecular complexity index is 558. The van der Waals surface area contributed by atoms with Crippen LogP contribution in [-0.2, 0) is 17.6 Å². The lowest BCUT2D eigenvalue weighted by atomic mass is 10.00. The van der Waals surface area contributed by atoms with E-state index >= 15 is 0 Å². The van der Waals surface area contributed by atoms with E-state index in [1.165, 1.54) is 11.3 Å². The van der Waals surface area contributed by atoms with E-state index in [1.54, 1.807) is 6.07 Å². The number of rotatable bonds is 4. The first kappa shape index (κ1) is 17.8. The van der Waals surface area contributed by atoms with Crippen LogP contribution >= 0.6 is 11.3 Å². The molecule has 1 aromatic heterocycles. The first-order valence-corrected chi connectivity index (χ1v) is 8.30. The van der Waals surface area contributed by atoms with E-state index in [0.717, 1.165) is 49.0 Å². The van der Waals surface area contributed by atoms with E-state index < -0.39 is 30.5 Å². The number of nitrogens with one attached hydrogen (secondary N) is 1. The van der Waals surface area contributed by atoms with Gasteiger partial charge in [-0.3, -0.25) is 4.79 Å². The summed E-state index contributed by atoms with van der Waals surface area (Å²) in [5.41, 5.74) is 1.06. The van der Waals surface area contributed by atoms with Crippen LogP contribution in [0.1, 0.15) is 52.2 Å². The highest BCUT2D eigenvalue weighted by molar-refractivity contribution is 7.14. The molecule has 1 aliphatic carbocycles. The highest BCUT2D eigenvalue weighted by atomic mass is 32.1. The molecule has 23 heavy (non-hydrogen) atoms. The third kappa shape index (κ3) is 5.23. The highest BCUT2D eigenvalue weighted by Crippen LogP contribution is 2.29. The Hall–Kier alpha value is -1.57. The zero-order chi connectivity index (χ0) is 17.0. The van der Waals surface area contributed by atoms with Crippen molar-refractivity contribution in [3.63, 3.8) is 0 Å². The van der Waals surface area contributed by atoms with Crippen LogP contribution < -0.4 is 5.32 Å². The van der Waals surface area contributed by atoms with Gasteiger partial charge in [0.1, 0.15) is 6.04 Å². The fourth-order valence-corrected chi connectivity index (χ4v) is 3.77. The van der Waals surface area contributed by atoms with Crippen LogP contribution in [0.3, 0.4) is 0 Å². The quantitative estimate of drug-likeness (QED) is 0.874. The van der Waals surface area contributed by atoms with Gasteiger partial charge in [0, 0.05) is 4.88 Å². The molecule has 0 saturated carbocycles. The van der Waals surface area contributed by atoms with Gasteiger partial charge in [-0.2, -0.15) is 13.2 Å². The molecule has 0 aliphatic heterocycles. The van der Waals surface area contributed by atoms with Crippen molar-refractivity contribution < 1.29 is 27.9 Å². The Kier molecular flexibility index (Phi) is 5.67. The number of alkyl halides is 3. The molecule has 0 fully saturated rings. The second-order valence-corrected chi connectivity index (χ2v) is 6.79. The summed E-state index contributed by atoms with van der Waals surface area (Å²) in [4.78, 5) is 24.4. The molecule has 1 aromatic rings. The van der Waals surface area contributed by atoms with Crippen LogP contribution in [0.2, 0.25) is 0 Å². The third-order valence-corrected chi connectivity index (χ3v) is 5.00. The monoisotopic (exact) mass is 349 g/mol. The van der Waals surface area contributed by atoms with E-state index in [2.05, 4.69) is 0 Å². The summed E-state index contributed by atoms with van der Waals surface area (Å²) in [7, 11) is 0. The number of carboxylic acids is 1. The maximum absolute atomic E-state index is 12.4. The van der Waals surface area contributed by atoms with Gasteiger partial charge in [0.25, 0.3) is 5.91 Å². The van der Waals surface area contributed by atoms with Gasteiger partial charge >= 0.3 is 12.1 Å². The van der Waals surface area contributed by atoms with E-state index in [-0.39, 0.29) is 4.88 Å². The standard InChI is InChI=1S/C15H18F3NO3S/c16-15(17,18)8-10(14(21)22)19-13(20)12-7-9-5-3-1-2-4-6-11(9)23-12/h7,10H,1-6,8H2,(H,19,20)(H,21,22). The molecule has 1 unspecified atom stereocenters. The Morgan fingerprint density at radius 1 is 1.22 bits per heavy atom. The molecule has 0 radical (unpaired) electrons. The van der Waals surface area contributed by atoms with E-state index in [1.807, 2.05) is 5.32 Å². The van der Waals surface area contributed by atoms with E-state index in [4.69, 9.17) is 5.11 Å². The number of hydrogen-bond acceptors (Lipinski definition) is 3. The number of thiophene rings is 1. The van der Waals surface area contributed by atoms with Gasteiger partial charge < -0.3 is 10.4 Å². The van der Waals surface area contributed by atoms with Gasteiger partial charge in [0.2, 0.25) is 0 Å². The summed E-state index contributed by atoms with van der Waals surface area (Å²) in [5.74, 6) is -2.44. The van der Waals surface area contributed by atoms with Crippen LogP contribution in [0.5, 0.6) is 0 Å². The lowest BCUT2D eigenvalue weighted by molar-refractivity contribution is -0.157. The van der Waals surface area contributed by atoms with Crippen molar-refractivity contribution in [2.45, 2.75) is 57.2 Å². The molecule has 2 rings (SSSR count). The van der Waals surface area contributed by atoms with Crippen LogP contribution in [0.15, 0.2) is 6.07 Å². The van der Waals surface area contributed by atoms with Gasteiger partial charge in [0.05, 0.1) is 11.3 Å². The number of aliphatic carboxylic acids is 1. The van der Waals surface area contributed by atoms with Crippen LogP contribution in [0, 0.1) is 0 Å². The number of carbonyl (C=O) groups excluding carboxylic acids is 1. The molecule has 1 aliphatic rings. The summed E-state index contributed by atoms with van der Waals surface area (Å²) in [5, 5.41) is 10.8. The molecule has 0 bridgehead atoms. The molecule has 0 aromatic carbocycles. The normalized spacial score (nSPS) is 16.8. The summed E-state index contributed by atoms with van der Waals surface area (Å²) in [6.45, 7) is 0. The molecule has 4 nitrogen and oxygen atoms in total. The van der Waals surface area contributed by atoms with Gasteiger partial charge in [-0.1, -0.05) is 12.8 Å². The van der Waals surface area contributed by atoms with Crippen molar-refractivity contribution >= 4 is 23.2 Å². The number of carboxylic acid groups (broad SMARTS) is 1. The second kappa shape index (κ2) is 7.33. The van der Waals surface area contributed by atoms with Crippen molar-refractivity contribution in [3.05, 3.63) is 21.4 Å². The SMILES string of the molecule is O=C(NC(CC(F)(F)F)C(=O)O)c1cc2c(s1)CCCCCC2. The summed E-state index contributed by atoms with van der Waals surface area (Å²) >= 11 is 1.25. The molecule has 128 valence electrons. The van der Waals surface area contributed by atoms with E-state index in [0.29, 0.717) is 0 Å². The predicted octanol–water partition coefficient (Wildman–Crippen LogP) is 3.54. The lowest BCUT2D eigenvalue weighted by Crippen LogP contribution is -2.43. The minimum atomic E-state index is -4.65. The smallest absolute Gasteiger partial charge is 0.391 e. The number of amides is 1. The molecular formula is C15H18F3NO3S. The van der Waals surface area contributed by atoms with Crippen LogP contribution in [0.25, 0.3) is 0 Å². The largest absolute Gasteiger partial charge is 0.480 e. The molecule has 0 saturated heterocycles. The molecule has 1 atom stereocenters. The van der Waals surface area contributed by atoms with Gasteiger partial charge in [-0.05, 0) is 37.3 Å². The Morgan fingerprint density at radius 3 is 2.48 bits per heavy atom. The minimum absolute atomic E-state index is 0.283. The number of carbonyl (C=O) groups is 2. The minimum Gasteiger partial charge on any atom is -0.480 e. The molecule has 1 heterocycles. The summed E-state index contributed by atoms with van der Waals surface area (Å²) in [6.07, 6.45) is -0.214. The average molecular weight is 349 g/mol. The molecule has 8 heteroatoms. The van der Waals surface area contributed by atoms with Gasteiger partial charge in [-0.15, -0.1) is 11.3 Å². The predicted molar refractivity (Wildman–Crippen MR) is 79.8 cm³/mol. The van der Waals surface area contributed by atoms with Crippen molar-refractivity contribution in [3.8, 4) is 0 Å². The summed E-state index contributed by atoms with van der Waals surface area (Å²) < 4.78 is 37.1. The van der Waals surface area contributed by atoms with Gasteiger partial charge in [0.15, 0.2) is 0 Å². The van der Waals surface area contributed by atoms with Gasteiger partial charge in [-0.25, -0.2) is 4.79 Å². The van der Waals surface area contributed by atoms with E-state index in [9.17, 15) is 22.8 Å². The molecule has 0 spiro atoms. The van der Waals surface area contributed by atoms with Crippen LogP contribution in [-0.4, -0.2) is 29.2 Å². The van der Waals surface area contributed by atoms with Crippen molar-refractivity contribution in [1.29, 1.82) is 0 Å². The fraction of sp³-hybridized carbons (Fsp3) is 0.600. The van der Waals surface area contributed by atoms with Crippen LogP contribution in [0.4, 0.5) is 13.2 Å². The highest BCUT2D eigenvalue weighted by Gasteiger charge is 2.36. The Morgan fingerprint density at radius 2 is 1.87 bits per heavy atom.